The van der Waals surface area contributed by atoms with Crippen LogP contribution in [0.4, 0.5) is 5.69 Å². The third kappa shape index (κ3) is 4.91. The first kappa shape index (κ1) is 23.7. The Kier molecular flexibility index (Phi) is 6.91. The standard InChI is InChI=1S/C27H25N3O5/c1-4-17-6-5-7-19(12-17)29-25(31)16-30-15-21(26(32)18-8-10-28-11-9-18)27(33)20-13-23(34-2)24(35-3)14-22(20)30/h5-15H,4,16H2,1-3H3,(H,29,31). The van der Waals surface area contributed by atoms with Gasteiger partial charge in [0.05, 0.1) is 30.7 Å². The van der Waals surface area contributed by atoms with Crippen LogP contribution in [0.2, 0.25) is 0 Å². The molecular formula is C27H25N3O5. The molecule has 0 aliphatic carbocycles. The number of nitrogens with zero attached hydrogens (tertiary/aromatic N) is 2. The molecule has 0 radical (unpaired) electrons. The molecule has 1 amide bonds. The van der Waals surface area contributed by atoms with Crippen LogP contribution in [0.3, 0.4) is 0 Å². The van der Waals surface area contributed by atoms with Gasteiger partial charge in [-0.05, 0) is 42.3 Å². The molecule has 2 heterocycles. The second kappa shape index (κ2) is 10.2. The van der Waals surface area contributed by atoms with Gasteiger partial charge in [0.1, 0.15) is 6.54 Å². The molecular weight excluding hydrogens is 446 g/mol. The van der Waals surface area contributed by atoms with Gasteiger partial charge in [-0.1, -0.05) is 19.1 Å². The number of ether oxygens (including phenoxy) is 2. The predicted octanol–water partition coefficient (Wildman–Crippen LogP) is 3.85. The Balaban J connectivity index is 1.82. The van der Waals surface area contributed by atoms with Crippen molar-refractivity contribution in [3.05, 3.63) is 94.0 Å². The molecule has 0 spiro atoms. The van der Waals surface area contributed by atoms with Gasteiger partial charge in [-0.15, -0.1) is 0 Å². The number of fused-ring (bicyclic) bond motifs is 1. The number of methoxy groups -OCH3 is 2. The average Bonchev–Trinajstić information content (AvgIpc) is 2.89. The molecule has 0 fully saturated rings. The van der Waals surface area contributed by atoms with Crippen LogP contribution in [0.5, 0.6) is 11.5 Å². The van der Waals surface area contributed by atoms with Crippen molar-refractivity contribution in [2.45, 2.75) is 19.9 Å². The maximum atomic E-state index is 13.4. The highest BCUT2D eigenvalue weighted by molar-refractivity contribution is 6.10. The molecule has 1 N–H and O–H groups in total. The Morgan fingerprint density at radius 3 is 2.40 bits per heavy atom. The number of carbonyl (C=O) groups is 2. The molecule has 35 heavy (non-hydrogen) atoms. The van der Waals surface area contributed by atoms with E-state index in [0.717, 1.165) is 12.0 Å². The van der Waals surface area contributed by atoms with E-state index in [-0.39, 0.29) is 23.4 Å². The second-order valence-electron chi connectivity index (χ2n) is 7.89. The number of hydrogen-bond donors (Lipinski definition) is 1. The molecule has 0 unspecified atom stereocenters. The van der Waals surface area contributed by atoms with E-state index in [0.29, 0.717) is 28.3 Å². The number of aryl methyl sites for hydroxylation is 1. The SMILES string of the molecule is CCc1cccc(NC(=O)Cn2cc(C(=O)c3ccncc3)c(=O)c3cc(OC)c(OC)cc32)c1. The smallest absolute Gasteiger partial charge is 0.244 e. The van der Waals surface area contributed by atoms with Crippen LogP contribution in [0.1, 0.15) is 28.4 Å². The molecule has 4 rings (SSSR count). The van der Waals surface area contributed by atoms with Crippen LogP contribution >= 0.6 is 0 Å². The molecule has 0 saturated carbocycles. The zero-order chi connectivity index (χ0) is 24.9. The van der Waals surface area contributed by atoms with Crippen LogP contribution in [0.15, 0.2) is 71.9 Å². The lowest BCUT2D eigenvalue weighted by Gasteiger charge is -2.16. The number of hydrogen-bond acceptors (Lipinski definition) is 6. The molecule has 8 heteroatoms. The first-order valence-corrected chi connectivity index (χ1v) is 11.1. The quantitative estimate of drug-likeness (QED) is 0.392. The molecule has 2 aromatic heterocycles. The van der Waals surface area contributed by atoms with Crippen molar-refractivity contribution in [2.75, 3.05) is 19.5 Å². The number of anilines is 1. The summed E-state index contributed by atoms with van der Waals surface area (Å²) in [5, 5.41) is 3.13. The zero-order valence-corrected chi connectivity index (χ0v) is 19.7. The maximum absolute atomic E-state index is 13.4. The third-order valence-corrected chi connectivity index (χ3v) is 5.71. The Bertz CT molecular complexity index is 1460. The average molecular weight is 472 g/mol. The van der Waals surface area contributed by atoms with Crippen molar-refractivity contribution in [2.24, 2.45) is 0 Å². The summed E-state index contributed by atoms with van der Waals surface area (Å²) in [6.07, 6.45) is 5.23. The summed E-state index contributed by atoms with van der Waals surface area (Å²) in [6.45, 7) is 1.91. The number of aromatic nitrogens is 2. The van der Waals surface area contributed by atoms with E-state index in [9.17, 15) is 14.4 Å². The lowest BCUT2D eigenvalue weighted by atomic mass is 10.0. The van der Waals surface area contributed by atoms with Gasteiger partial charge in [0.15, 0.2) is 17.3 Å². The fourth-order valence-corrected chi connectivity index (χ4v) is 3.89. The lowest BCUT2D eigenvalue weighted by Crippen LogP contribution is -2.24. The summed E-state index contributed by atoms with van der Waals surface area (Å²) in [5.74, 6) is -0.0189. The van der Waals surface area contributed by atoms with E-state index in [1.807, 2.05) is 31.2 Å². The van der Waals surface area contributed by atoms with Crippen molar-refractivity contribution in [1.29, 1.82) is 0 Å². The van der Waals surface area contributed by atoms with E-state index in [4.69, 9.17) is 9.47 Å². The number of nitrogens with one attached hydrogen (secondary N) is 1. The summed E-state index contributed by atoms with van der Waals surface area (Å²) in [5.41, 5.74) is 2.01. The molecule has 0 aliphatic heterocycles. The maximum Gasteiger partial charge on any atom is 0.244 e. The summed E-state index contributed by atoms with van der Waals surface area (Å²) < 4.78 is 12.3. The van der Waals surface area contributed by atoms with Crippen molar-refractivity contribution in [1.82, 2.24) is 9.55 Å². The molecule has 178 valence electrons. The Labute approximate surface area is 202 Å². The van der Waals surface area contributed by atoms with Gasteiger partial charge in [-0.3, -0.25) is 19.4 Å². The second-order valence-corrected chi connectivity index (χ2v) is 7.89. The van der Waals surface area contributed by atoms with E-state index in [1.54, 1.807) is 22.8 Å². The normalized spacial score (nSPS) is 10.7. The molecule has 0 bridgehead atoms. The van der Waals surface area contributed by atoms with Gasteiger partial charge < -0.3 is 19.4 Å². The van der Waals surface area contributed by atoms with Gasteiger partial charge in [0, 0.05) is 35.9 Å². The van der Waals surface area contributed by atoms with E-state index in [1.165, 1.54) is 38.9 Å². The molecule has 2 aromatic carbocycles. The number of amides is 1. The van der Waals surface area contributed by atoms with Crippen LogP contribution in [0, 0.1) is 0 Å². The van der Waals surface area contributed by atoms with E-state index >= 15 is 0 Å². The van der Waals surface area contributed by atoms with Crippen LogP contribution in [-0.2, 0) is 17.8 Å². The minimum atomic E-state index is -0.463. The first-order chi connectivity index (χ1) is 16.9. The molecule has 0 atom stereocenters. The minimum absolute atomic E-state index is 0.0586. The fourth-order valence-electron chi connectivity index (χ4n) is 3.89. The van der Waals surface area contributed by atoms with Gasteiger partial charge in [0.25, 0.3) is 0 Å². The highest BCUT2D eigenvalue weighted by Gasteiger charge is 2.20. The van der Waals surface area contributed by atoms with Gasteiger partial charge in [0.2, 0.25) is 11.3 Å². The number of rotatable bonds is 8. The molecule has 4 aromatic rings. The van der Waals surface area contributed by atoms with Crippen molar-refractivity contribution in [3.8, 4) is 11.5 Å². The van der Waals surface area contributed by atoms with Crippen molar-refractivity contribution >= 4 is 28.3 Å². The largest absolute Gasteiger partial charge is 0.493 e. The first-order valence-electron chi connectivity index (χ1n) is 11.1. The summed E-state index contributed by atoms with van der Waals surface area (Å²) in [7, 11) is 2.95. The third-order valence-electron chi connectivity index (χ3n) is 5.71. The van der Waals surface area contributed by atoms with Crippen molar-refractivity contribution in [3.63, 3.8) is 0 Å². The summed E-state index contributed by atoms with van der Waals surface area (Å²) in [6, 6.07) is 13.8. The summed E-state index contributed by atoms with van der Waals surface area (Å²) >= 11 is 0. The van der Waals surface area contributed by atoms with Crippen molar-refractivity contribution < 1.29 is 19.1 Å². The Morgan fingerprint density at radius 2 is 1.71 bits per heavy atom. The number of carbonyl (C=O) groups excluding carboxylic acids is 2. The van der Waals surface area contributed by atoms with E-state index in [2.05, 4.69) is 10.3 Å². The highest BCUT2D eigenvalue weighted by atomic mass is 16.5. The topological polar surface area (TPSA) is 99.5 Å². The molecule has 0 saturated heterocycles. The minimum Gasteiger partial charge on any atom is -0.493 e. The predicted molar refractivity (Wildman–Crippen MR) is 133 cm³/mol. The Hall–Kier alpha value is -4.46. The van der Waals surface area contributed by atoms with Gasteiger partial charge >= 0.3 is 0 Å². The monoisotopic (exact) mass is 471 g/mol. The van der Waals surface area contributed by atoms with Crippen LogP contribution in [0.25, 0.3) is 10.9 Å². The van der Waals surface area contributed by atoms with Gasteiger partial charge in [-0.25, -0.2) is 0 Å². The Morgan fingerprint density at radius 1 is 1.00 bits per heavy atom. The van der Waals surface area contributed by atoms with Gasteiger partial charge in [-0.2, -0.15) is 0 Å². The fraction of sp³-hybridized carbons (Fsp3) is 0.185. The van der Waals surface area contributed by atoms with Crippen LogP contribution < -0.4 is 20.2 Å². The lowest BCUT2D eigenvalue weighted by molar-refractivity contribution is -0.116. The number of benzene rings is 2. The molecule has 8 nitrogen and oxygen atoms in total. The number of ketones is 1. The molecule has 0 aliphatic rings. The van der Waals surface area contributed by atoms with E-state index < -0.39 is 11.2 Å². The highest BCUT2D eigenvalue weighted by Crippen LogP contribution is 2.31. The zero-order valence-electron chi connectivity index (χ0n) is 19.7. The number of pyridine rings is 2. The summed E-state index contributed by atoms with van der Waals surface area (Å²) in [4.78, 5) is 43.5. The van der Waals surface area contributed by atoms with Crippen LogP contribution in [-0.4, -0.2) is 35.5 Å².